The molecule has 1 unspecified atom stereocenters. The topological polar surface area (TPSA) is 84.9 Å². The van der Waals surface area contributed by atoms with Crippen molar-refractivity contribution in [3.8, 4) is 11.5 Å². The summed E-state index contributed by atoms with van der Waals surface area (Å²) in [6.45, 7) is 1.99. The van der Waals surface area contributed by atoms with Crippen LogP contribution in [0.15, 0.2) is 41.3 Å². The highest BCUT2D eigenvalue weighted by molar-refractivity contribution is 7.92. The molecule has 1 heterocycles. The van der Waals surface area contributed by atoms with Crippen molar-refractivity contribution in [1.29, 1.82) is 0 Å². The number of nitrogens with one attached hydrogen (secondary N) is 1. The quantitative estimate of drug-likeness (QED) is 0.782. The number of hydrogen-bond donors (Lipinski definition) is 1. The number of fused-ring (bicyclic) bond motifs is 1. The Morgan fingerprint density at radius 1 is 1.10 bits per heavy atom. The predicted molar refractivity (Wildman–Crippen MR) is 110 cm³/mol. The Labute approximate surface area is 170 Å². The first-order valence-electron chi connectivity index (χ1n) is 9.55. The van der Waals surface area contributed by atoms with Gasteiger partial charge in [-0.2, -0.15) is 0 Å². The molecule has 0 spiro atoms. The molecule has 1 aliphatic heterocycles. The number of rotatable bonds is 6. The minimum absolute atomic E-state index is 0.0331. The fourth-order valence-electron chi connectivity index (χ4n) is 3.72. The second kappa shape index (κ2) is 7.26. The number of anilines is 2. The molecule has 1 aliphatic carbocycles. The van der Waals surface area contributed by atoms with Crippen LogP contribution in [0.25, 0.3) is 0 Å². The Bertz CT molecular complexity index is 1060. The van der Waals surface area contributed by atoms with Gasteiger partial charge in [0.15, 0.2) is 0 Å². The van der Waals surface area contributed by atoms with Gasteiger partial charge in [0, 0.05) is 23.7 Å². The summed E-state index contributed by atoms with van der Waals surface area (Å²) < 4.78 is 38.9. The average Bonchev–Trinajstić information content (AvgIpc) is 3.49. The van der Waals surface area contributed by atoms with Crippen LogP contribution in [0.3, 0.4) is 0 Å². The molecule has 0 aromatic heterocycles. The van der Waals surface area contributed by atoms with Crippen LogP contribution in [-0.4, -0.2) is 34.6 Å². The summed E-state index contributed by atoms with van der Waals surface area (Å²) in [5, 5.41) is 0. The largest absolute Gasteiger partial charge is 0.497 e. The van der Waals surface area contributed by atoms with E-state index in [2.05, 4.69) is 4.72 Å². The molecule has 8 heteroatoms. The number of carbonyl (C=O) groups excluding carboxylic acids is 1. The predicted octanol–water partition coefficient (Wildman–Crippen LogP) is 3.19. The van der Waals surface area contributed by atoms with Crippen molar-refractivity contribution >= 4 is 27.3 Å². The van der Waals surface area contributed by atoms with E-state index in [1.165, 1.54) is 14.2 Å². The molecule has 2 aromatic carbocycles. The van der Waals surface area contributed by atoms with E-state index in [1.807, 2.05) is 11.8 Å². The number of amides is 1. The summed E-state index contributed by atoms with van der Waals surface area (Å²) in [5.74, 6) is 1.20. The average molecular weight is 416 g/mol. The van der Waals surface area contributed by atoms with Crippen LogP contribution in [0, 0.1) is 5.92 Å². The molecule has 2 aromatic rings. The second-order valence-corrected chi connectivity index (χ2v) is 9.18. The van der Waals surface area contributed by atoms with Crippen molar-refractivity contribution in [3.63, 3.8) is 0 Å². The van der Waals surface area contributed by atoms with E-state index in [4.69, 9.17) is 9.47 Å². The second-order valence-electron chi connectivity index (χ2n) is 7.50. The summed E-state index contributed by atoms with van der Waals surface area (Å²) >= 11 is 0. The number of carbonyl (C=O) groups is 1. The number of benzene rings is 2. The summed E-state index contributed by atoms with van der Waals surface area (Å²) in [5.41, 5.74) is 2.01. The van der Waals surface area contributed by atoms with Crippen molar-refractivity contribution in [2.75, 3.05) is 23.8 Å². The van der Waals surface area contributed by atoms with Crippen molar-refractivity contribution in [2.24, 2.45) is 5.92 Å². The van der Waals surface area contributed by atoms with Crippen LogP contribution in [0.4, 0.5) is 11.4 Å². The molecule has 154 valence electrons. The van der Waals surface area contributed by atoms with Gasteiger partial charge in [-0.15, -0.1) is 0 Å². The molecule has 29 heavy (non-hydrogen) atoms. The molecule has 1 N–H and O–H groups in total. The minimum Gasteiger partial charge on any atom is -0.497 e. The number of ether oxygens (including phenoxy) is 2. The fourth-order valence-corrected chi connectivity index (χ4v) is 4.84. The lowest BCUT2D eigenvalue weighted by Gasteiger charge is -2.22. The molecule has 2 aliphatic rings. The number of sulfonamides is 1. The van der Waals surface area contributed by atoms with E-state index in [0.717, 1.165) is 24.1 Å². The molecule has 0 radical (unpaired) electrons. The first kappa shape index (κ1) is 19.6. The van der Waals surface area contributed by atoms with Gasteiger partial charge in [0.1, 0.15) is 11.5 Å². The standard InChI is InChI=1S/C21H24N2O5S/c1-13-10-15-11-17(7-9-19(15)23(13)21(24)14-4-5-14)29(25,26)22-18-8-6-16(27-2)12-20(18)28-3/h6-9,11-14,22H,4-5,10H2,1-3H3. The Morgan fingerprint density at radius 3 is 2.52 bits per heavy atom. The van der Waals surface area contributed by atoms with E-state index in [-0.39, 0.29) is 22.8 Å². The van der Waals surface area contributed by atoms with Gasteiger partial charge in [0.2, 0.25) is 5.91 Å². The highest BCUT2D eigenvalue weighted by atomic mass is 32.2. The van der Waals surface area contributed by atoms with Crippen molar-refractivity contribution in [3.05, 3.63) is 42.0 Å². The Balaban J connectivity index is 1.62. The van der Waals surface area contributed by atoms with E-state index in [9.17, 15) is 13.2 Å². The molecule has 0 bridgehead atoms. The number of hydrogen-bond acceptors (Lipinski definition) is 5. The lowest BCUT2D eigenvalue weighted by Crippen LogP contribution is -2.36. The smallest absolute Gasteiger partial charge is 0.262 e. The van der Waals surface area contributed by atoms with Gasteiger partial charge >= 0.3 is 0 Å². The summed E-state index contributed by atoms with van der Waals surface area (Å²) in [6.07, 6.45) is 2.53. The van der Waals surface area contributed by atoms with Crippen molar-refractivity contribution in [1.82, 2.24) is 0 Å². The summed E-state index contributed by atoms with van der Waals surface area (Å²) in [6, 6.07) is 9.84. The third-order valence-corrected chi connectivity index (χ3v) is 6.76. The zero-order chi connectivity index (χ0) is 20.8. The molecular formula is C21H24N2O5S. The fraction of sp³-hybridized carbons (Fsp3) is 0.381. The van der Waals surface area contributed by atoms with E-state index >= 15 is 0 Å². The van der Waals surface area contributed by atoms with Crippen LogP contribution in [0.5, 0.6) is 11.5 Å². The highest BCUT2D eigenvalue weighted by Crippen LogP contribution is 2.40. The van der Waals surface area contributed by atoms with Crippen molar-refractivity contribution in [2.45, 2.75) is 37.1 Å². The molecule has 1 atom stereocenters. The van der Waals surface area contributed by atoms with Gasteiger partial charge in [-0.1, -0.05) is 0 Å². The number of nitrogens with zero attached hydrogens (tertiary/aromatic N) is 1. The van der Waals surface area contributed by atoms with Crippen molar-refractivity contribution < 1.29 is 22.7 Å². The summed E-state index contributed by atoms with van der Waals surface area (Å²) in [7, 11) is -0.824. The van der Waals surface area contributed by atoms with Gasteiger partial charge < -0.3 is 14.4 Å². The van der Waals surface area contributed by atoms with Crippen LogP contribution in [-0.2, 0) is 21.2 Å². The normalized spacial score (nSPS) is 18.3. The van der Waals surface area contributed by atoms with Crippen LogP contribution in [0.2, 0.25) is 0 Å². The molecule has 0 saturated heterocycles. The first-order valence-corrected chi connectivity index (χ1v) is 11.0. The molecule has 4 rings (SSSR count). The third-order valence-electron chi connectivity index (χ3n) is 5.39. The number of methoxy groups -OCH3 is 2. The molecule has 1 saturated carbocycles. The monoisotopic (exact) mass is 416 g/mol. The van der Waals surface area contributed by atoms with Crippen LogP contribution >= 0.6 is 0 Å². The summed E-state index contributed by atoms with van der Waals surface area (Å²) in [4.78, 5) is 14.6. The van der Waals surface area contributed by atoms with Crippen LogP contribution < -0.4 is 19.1 Å². The minimum atomic E-state index is -3.82. The molecule has 1 fully saturated rings. The zero-order valence-corrected chi connectivity index (χ0v) is 17.5. The maximum absolute atomic E-state index is 13.0. The van der Waals surface area contributed by atoms with E-state index < -0.39 is 10.0 Å². The van der Waals surface area contributed by atoms with Crippen LogP contribution in [0.1, 0.15) is 25.3 Å². The zero-order valence-electron chi connectivity index (χ0n) is 16.6. The maximum Gasteiger partial charge on any atom is 0.262 e. The third kappa shape index (κ3) is 3.64. The molecule has 1 amide bonds. The Morgan fingerprint density at radius 2 is 1.86 bits per heavy atom. The maximum atomic E-state index is 13.0. The highest BCUT2D eigenvalue weighted by Gasteiger charge is 2.39. The lowest BCUT2D eigenvalue weighted by atomic mass is 10.1. The van der Waals surface area contributed by atoms with Gasteiger partial charge in [-0.3, -0.25) is 9.52 Å². The van der Waals surface area contributed by atoms with E-state index in [0.29, 0.717) is 23.6 Å². The van der Waals surface area contributed by atoms with Gasteiger partial charge in [-0.05, 0) is 62.1 Å². The lowest BCUT2D eigenvalue weighted by molar-refractivity contribution is -0.120. The SMILES string of the molecule is COc1ccc(NS(=O)(=O)c2ccc3c(c2)CC(C)N3C(=O)C2CC2)c(OC)c1. The van der Waals surface area contributed by atoms with Gasteiger partial charge in [-0.25, -0.2) is 8.42 Å². The molecule has 7 nitrogen and oxygen atoms in total. The molecular weight excluding hydrogens is 392 g/mol. The Hall–Kier alpha value is -2.74. The first-order chi connectivity index (χ1) is 13.8. The van der Waals surface area contributed by atoms with Gasteiger partial charge in [0.05, 0.1) is 24.8 Å². The van der Waals surface area contributed by atoms with Gasteiger partial charge in [0.25, 0.3) is 10.0 Å². The Kier molecular flexibility index (Phi) is 4.90. The van der Waals surface area contributed by atoms with E-state index in [1.54, 1.807) is 36.4 Å².